The summed E-state index contributed by atoms with van der Waals surface area (Å²) in [5.74, 6) is 1.09. The van der Waals surface area contributed by atoms with Crippen LogP contribution in [-0.4, -0.2) is 16.5 Å². The van der Waals surface area contributed by atoms with Crippen molar-refractivity contribution in [3.05, 3.63) is 94.0 Å². The van der Waals surface area contributed by atoms with Gasteiger partial charge in [-0.25, -0.2) is 4.99 Å². The molecule has 3 aromatic rings. The molecule has 0 saturated carbocycles. The molecule has 0 saturated heterocycles. The van der Waals surface area contributed by atoms with Crippen LogP contribution >= 0.6 is 0 Å². The molecule has 1 aliphatic rings. The van der Waals surface area contributed by atoms with Gasteiger partial charge in [-0.15, -0.1) is 0 Å². The summed E-state index contributed by atoms with van der Waals surface area (Å²) in [4.78, 5) is 17.2. The van der Waals surface area contributed by atoms with Crippen molar-refractivity contribution in [2.24, 2.45) is 10.7 Å². The molecule has 3 aromatic carbocycles. The highest BCUT2D eigenvalue weighted by Gasteiger charge is 2.27. The third-order valence-corrected chi connectivity index (χ3v) is 5.83. The summed E-state index contributed by atoms with van der Waals surface area (Å²) in [6.45, 7) is 6.22. The number of hydrogen-bond acceptors (Lipinski definition) is 4. The zero-order valence-corrected chi connectivity index (χ0v) is 19.6. The van der Waals surface area contributed by atoms with Crippen molar-refractivity contribution in [2.75, 3.05) is 4.90 Å². The van der Waals surface area contributed by atoms with Gasteiger partial charge in [-0.3, -0.25) is 15.0 Å². The van der Waals surface area contributed by atoms with Crippen LogP contribution in [0.1, 0.15) is 37.8 Å². The van der Waals surface area contributed by atoms with Gasteiger partial charge in [0.2, 0.25) is 5.96 Å². The lowest BCUT2D eigenvalue weighted by Gasteiger charge is -2.32. The minimum Gasteiger partial charge on any atom is -0.483 e. The van der Waals surface area contributed by atoms with Gasteiger partial charge in [0, 0.05) is 29.1 Å². The first-order valence-electron chi connectivity index (χ1n) is 11.3. The Bertz CT molecular complexity index is 1250. The van der Waals surface area contributed by atoms with E-state index < -0.39 is 4.92 Å². The second kappa shape index (κ2) is 9.39. The molecule has 1 aliphatic heterocycles. The molecule has 2 N–H and O–H groups in total. The number of para-hydroxylation sites is 1. The van der Waals surface area contributed by atoms with Gasteiger partial charge in [0.15, 0.2) is 0 Å². The number of fused-ring (bicyclic) bond motifs is 1. The molecule has 0 bridgehead atoms. The van der Waals surface area contributed by atoms with Crippen LogP contribution in [0.3, 0.4) is 0 Å². The van der Waals surface area contributed by atoms with E-state index in [1.54, 1.807) is 17.0 Å². The molecular weight excluding hydrogens is 428 g/mol. The largest absolute Gasteiger partial charge is 0.483 e. The number of rotatable bonds is 6. The molecule has 0 aromatic heterocycles. The van der Waals surface area contributed by atoms with E-state index >= 15 is 0 Å². The third kappa shape index (κ3) is 4.78. The predicted octanol–water partition coefficient (Wildman–Crippen LogP) is 6.65. The normalized spacial score (nSPS) is 17.1. The molecule has 34 heavy (non-hydrogen) atoms. The number of aryl methyl sites for hydroxylation is 1. The van der Waals surface area contributed by atoms with Crippen molar-refractivity contribution in [3.8, 4) is 5.75 Å². The molecule has 0 aliphatic carbocycles. The van der Waals surface area contributed by atoms with Crippen molar-refractivity contribution in [1.29, 1.82) is 0 Å². The van der Waals surface area contributed by atoms with Gasteiger partial charge in [-0.05, 0) is 68.3 Å². The number of non-ortho nitro benzene ring substituents is 1. The van der Waals surface area contributed by atoms with Crippen molar-refractivity contribution in [2.45, 2.75) is 39.2 Å². The predicted molar refractivity (Wildman–Crippen MR) is 137 cm³/mol. The summed E-state index contributed by atoms with van der Waals surface area (Å²) in [6, 6.07) is 19.8. The zero-order chi connectivity index (χ0) is 24.3. The van der Waals surface area contributed by atoms with Gasteiger partial charge < -0.3 is 10.5 Å². The van der Waals surface area contributed by atoms with Crippen LogP contribution in [0.25, 0.3) is 6.08 Å². The van der Waals surface area contributed by atoms with E-state index in [4.69, 9.17) is 15.5 Å². The Morgan fingerprint density at radius 3 is 2.44 bits per heavy atom. The number of ether oxygens (including phenoxy) is 1. The highest BCUT2D eigenvalue weighted by molar-refractivity contribution is 6.03. The number of hydrogen-bond donors (Lipinski definition) is 1. The minimum absolute atomic E-state index is 0.0136. The third-order valence-electron chi connectivity index (χ3n) is 5.83. The maximum absolute atomic E-state index is 11.1. The quantitative estimate of drug-likeness (QED) is 0.194. The Hall–Kier alpha value is -4.13. The Kier molecular flexibility index (Phi) is 6.36. The van der Waals surface area contributed by atoms with Crippen molar-refractivity contribution in [3.63, 3.8) is 0 Å². The Labute approximate surface area is 199 Å². The van der Waals surface area contributed by atoms with Crippen LogP contribution in [-0.2, 0) is 0 Å². The molecule has 7 nitrogen and oxygen atoms in total. The van der Waals surface area contributed by atoms with E-state index in [2.05, 4.69) is 26.0 Å². The second-order valence-corrected chi connectivity index (χ2v) is 8.59. The van der Waals surface area contributed by atoms with E-state index in [1.807, 2.05) is 49.4 Å². The monoisotopic (exact) mass is 456 g/mol. The van der Waals surface area contributed by atoms with Gasteiger partial charge in [-0.2, -0.15) is 0 Å². The summed E-state index contributed by atoms with van der Waals surface area (Å²) >= 11 is 0. The van der Waals surface area contributed by atoms with Gasteiger partial charge >= 0.3 is 0 Å². The highest BCUT2D eigenvalue weighted by atomic mass is 16.6. The van der Waals surface area contributed by atoms with Gasteiger partial charge in [0.1, 0.15) is 11.4 Å². The van der Waals surface area contributed by atoms with Gasteiger partial charge in [0.05, 0.1) is 10.6 Å². The molecule has 1 unspecified atom stereocenters. The molecule has 4 rings (SSSR count). The Morgan fingerprint density at radius 2 is 1.79 bits per heavy atom. The first-order valence-corrected chi connectivity index (χ1v) is 11.3. The molecule has 1 atom stereocenters. The average molecular weight is 457 g/mol. The number of benzene rings is 3. The van der Waals surface area contributed by atoms with Gasteiger partial charge in [0.25, 0.3) is 5.69 Å². The maximum atomic E-state index is 11.1. The molecule has 7 heteroatoms. The fourth-order valence-electron chi connectivity index (χ4n) is 4.09. The molecule has 0 radical (unpaired) electrons. The number of nitro groups is 1. The van der Waals surface area contributed by atoms with Crippen LogP contribution in [0.2, 0.25) is 0 Å². The van der Waals surface area contributed by atoms with E-state index in [0.29, 0.717) is 5.69 Å². The van der Waals surface area contributed by atoms with Crippen LogP contribution < -0.4 is 15.4 Å². The van der Waals surface area contributed by atoms with E-state index in [9.17, 15) is 10.1 Å². The fourth-order valence-corrected chi connectivity index (χ4v) is 4.09. The molecule has 0 amide bonds. The summed E-state index contributed by atoms with van der Waals surface area (Å²) < 4.78 is 6.29. The number of nitrogens with zero attached hydrogens (tertiary/aromatic N) is 3. The Morgan fingerprint density at radius 1 is 1.12 bits per heavy atom. The topological polar surface area (TPSA) is 94.0 Å². The zero-order valence-electron chi connectivity index (χ0n) is 19.6. The maximum Gasteiger partial charge on any atom is 0.269 e. The van der Waals surface area contributed by atoms with E-state index in [1.165, 1.54) is 12.1 Å². The molecule has 0 fully saturated rings. The van der Waals surface area contributed by atoms with Crippen LogP contribution in [0.15, 0.2) is 77.8 Å². The van der Waals surface area contributed by atoms with Crippen molar-refractivity contribution >= 4 is 34.8 Å². The summed E-state index contributed by atoms with van der Waals surface area (Å²) in [6.07, 6.45) is 6.15. The minimum atomic E-state index is -0.425. The van der Waals surface area contributed by atoms with Crippen molar-refractivity contribution in [1.82, 2.24) is 0 Å². The van der Waals surface area contributed by atoms with Crippen LogP contribution in [0, 0.1) is 17.0 Å². The van der Waals surface area contributed by atoms with Crippen LogP contribution in [0.4, 0.5) is 22.7 Å². The SMILES string of the molecule is CCCC1(C)C=Cc2cc(N=C(N)N(c3ccccc3)c3ccc([N+](=O)[O-])cc3)c(C)cc2O1. The summed E-state index contributed by atoms with van der Waals surface area (Å²) in [5, 5.41) is 11.1. The van der Waals surface area contributed by atoms with E-state index in [-0.39, 0.29) is 17.2 Å². The fraction of sp³-hybridized carbons (Fsp3) is 0.222. The number of nitro benzene ring substituents is 1. The molecule has 174 valence electrons. The summed E-state index contributed by atoms with van der Waals surface area (Å²) in [5.41, 5.74) is 10.3. The molecule has 0 spiro atoms. The van der Waals surface area contributed by atoms with E-state index in [0.717, 1.165) is 41.1 Å². The lowest BCUT2D eigenvalue weighted by molar-refractivity contribution is -0.384. The summed E-state index contributed by atoms with van der Waals surface area (Å²) in [7, 11) is 0. The Balaban J connectivity index is 1.73. The van der Waals surface area contributed by atoms with Crippen molar-refractivity contribution < 1.29 is 9.66 Å². The highest BCUT2D eigenvalue weighted by Crippen LogP contribution is 2.38. The number of nitrogens with two attached hydrogens (primary N) is 1. The lowest BCUT2D eigenvalue weighted by atomic mass is 9.95. The number of guanidine groups is 1. The average Bonchev–Trinajstić information content (AvgIpc) is 2.81. The number of anilines is 2. The first-order chi connectivity index (χ1) is 16.3. The molecular formula is C27H28N4O3. The number of aliphatic imine (C=N–C) groups is 1. The first kappa shape index (κ1) is 23.0. The lowest BCUT2D eigenvalue weighted by Crippen LogP contribution is -2.33. The smallest absolute Gasteiger partial charge is 0.269 e. The molecule has 1 heterocycles. The second-order valence-electron chi connectivity index (χ2n) is 8.59. The standard InChI is InChI=1S/C27H28N4O3/c1-4-15-27(3)16-14-20-18-24(19(2)17-25(20)34-27)29-26(28)30(21-8-6-5-7-9-21)22-10-12-23(13-11-22)31(32)33/h5-14,16-18H,4,15H2,1-3H3,(H2,28,29). The van der Waals surface area contributed by atoms with Crippen LogP contribution in [0.5, 0.6) is 5.75 Å². The van der Waals surface area contributed by atoms with Gasteiger partial charge in [-0.1, -0.05) is 37.6 Å².